The Morgan fingerprint density at radius 2 is 2.21 bits per heavy atom. The highest BCUT2D eigenvalue weighted by atomic mass is 16.2. The predicted molar refractivity (Wildman–Crippen MR) is 51.4 cm³/mol. The van der Waals surface area contributed by atoms with E-state index in [1.807, 2.05) is 0 Å². The van der Waals surface area contributed by atoms with Crippen LogP contribution in [0.5, 0.6) is 0 Å². The molecule has 0 amide bonds. The first kappa shape index (κ1) is 11.1. The Kier molecular flexibility index (Phi) is 5.09. The van der Waals surface area contributed by atoms with Gasteiger partial charge in [0.15, 0.2) is 5.82 Å². The summed E-state index contributed by atoms with van der Waals surface area (Å²) in [5, 5.41) is 23.4. The van der Waals surface area contributed by atoms with E-state index in [0.29, 0.717) is 6.54 Å². The number of tetrazole rings is 1. The number of unbranched alkanes of at least 4 members (excludes halogenated alkanes) is 2. The molecular formula is C8H17N5O. The van der Waals surface area contributed by atoms with Crippen LogP contribution in [0.4, 0.5) is 0 Å². The first-order valence-corrected chi connectivity index (χ1v) is 4.87. The molecule has 0 fully saturated rings. The molecule has 0 bridgehead atoms. The third kappa shape index (κ3) is 4.29. The molecule has 1 rings (SSSR count). The molecule has 2 N–H and O–H groups in total. The number of nitrogens with one attached hydrogen (secondary N) is 1. The molecule has 1 aromatic heterocycles. The first-order chi connectivity index (χ1) is 6.83. The largest absolute Gasteiger partial charge is 0.396 e. The fourth-order valence-electron chi connectivity index (χ4n) is 1.13. The Hall–Kier alpha value is -1.01. The highest BCUT2D eigenvalue weighted by molar-refractivity contribution is 4.74. The van der Waals surface area contributed by atoms with Crippen molar-refractivity contribution in [3.63, 3.8) is 0 Å². The summed E-state index contributed by atoms with van der Waals surface area (Å²) in [4.78, 5) is 1.45. The van der Waals surface area contributed by atoms with E-state index >= 15 is 0 Å². The SMILES string of the molecule is Cn1nnc(CNCCCCCO)n1. The van der Waals surface area contributed by atoms with Crippen LogP contribution >= 0.6 is 0 Å². The third-order valence-electron chi connectivity index (χ3n) is 1.84. The summed E-state index contributed by atoms with van der Waals surface area (Å²) < 4.78 is 0. The lowest BCUT2D eigenvalue weighted by Gasteiger charge is -2.00. The zero-order chi connectivity index (χ0) is 10.2. The molecule has 0 saturated carbocycles. The summed E-state index contributed by atoms with van der Waals surface area (Å²) in [5.41, 5.74) is 0. The van der Waals surface area contributed by atoms with Crippen LogP contribution in [0.2, 0.25) is 0 Å². The average molecular weight is 199 g/mol. The van der Waals surface area contributed by atoms with Crippen LogP contribution in [0.3, 0.4) is 0 Å². The van der Waals surface area contributed by atoms with Gasteiger partial charge in [-0.25, -0.2) is 0 Å². The maximum Gasteiger partial charge on any atom is 0.188 e. The average Bonchev–Trinajstić information content (AvgIpc) is 2.58. The van der Waals surface area contributed by atoms with Crippen LogP contribution in [0.1, 0.15) is 25.1 Å². The van der Waals surface area contributed by atoms with Gasteiger partial charge in [-0.3, -0.25) is 0 Å². The van der Waals surface area contributed by atoms with Crippen LogP contribution in [-0.2, 0) is 13.6 Å². The van der Waals surface area contributed by atoms with E-state index in [1.54, 1.807) is 7.05 Å². The van der Waals surface area contributed by atoms with Crippen LogP contribution in [0.15, 0.2) is 0 Å². The van der Waals surface area contributed by atoms with Crippen molar-refractivity contribution in [1.82, 2.24) is 25.5 Å². The second-order valence-electron chi connectivity index (χ2n) is 3.16. The van der Waals surface area contributed by atoms with Gasteiger partial charge in [0, 0.05) is 6.61 Å². The van der Waals surface area contributed by atoms with Gasteiger partial charge in [-0.05, 0) is 31.0 Å². The Labute approximate surface area is 83.3 Å². The van der Waals surface area contributed by atoms with E-state index in [9.17, 15) is 0 Å². The highest BCUT2D eigenvalue weighted by Crippen LogP contribution is 1.92. The summed E-state index contributed by atoms with van der Waals surface area (Å²) in [6.45, 7) is 1.87. The number of hydrogen-bond acceptors (Lipinski definition) is 5. The minimum atomic E-state index is 0.283. The number of aliphatic hydroxyl groups excluding tert-OH is 1. The second-order valence-corrected chi connectivity index (χ2v) is 3.16. The molecule has 0 atom stereocenters. The molecular weight excluding hydrogens is 182 g/mol. The van der Waals surface area contributed by atoms with Crippen molar-refractivity contribution in [3.8, 4) is 0 Å². The third-order valence-corrected chi connectivity index (χ3v) is 1.84. The van der Waals surface area contributed by atoms with Gasteiger partial charge >= 0.3 is 0 Å². The molecule has 0 radical (unpaired) electrons. The zero-order valence-corrected chi connectivity index (χ0v) is 8.48. The van der Waals surface area contributed by atoms with Crippen molar-refractivity contribution >= 4 is 0 Å². The van der Waals surface area contributed by atoms with Gasteiger partial charge < -0.3 is 10.4 Å². The molecule has 0 aliphatic carbocycles. The first-order valence-electron chi connectivity index (χ1n) is 4.87. The van der Waals surface area contributed by atoms with E-state index < -0.39 is 0 Å². The monoisotopic (exact) mass is 199 g/mol. The second kappa shape index (κ2) is 6.44. The van der Waals surface area contributed by atoms with Crippen molar-refractivity contribution in [1.29, 1.82) is 0 Å². The molecule has 0 unspecified atom stereocenters. The number of hydrogen-bond donors (Lipinski definition) is 2. The normalized spacial score (nSPS) is 10.7. The maximum absolute atomic E-state index is 8.55. The van der Waals surface area contributed by atoms with E-state index in [4.69, 9.17) is 5.11 Å². The minimum Gasteiger partial charge on any atom is -0.396 e. The van der Waals surface area contributed by atoms with Gasteiger partial charge in [-0.15, -0.1) is 10.2 Å². The Bertz CT molecular complexity index is 250. The van der Waals surface area contributed by atoms with Crippen LogP contribution in [-0.4, -0.2) is 38.5 Å². The van der Waals surface area contributed by atoms with Crippen LogP contribution in [0, 0.1) is 0 Å². The van der Waals surface area contributed by atoms with Crippen molar-refractivity contribution in [2.45, 2.75) is 25.8 Å². The topological polar surface area (TPSA) is 75.9 Å². The fraction of sp³-hybridized carbons (Fsp3) is 0.875. The Morgan fingerprint density at radius 1 is 1.36 bits per heavy atom. The van der Waals surface area contributed by atoms with Gasteiger partial charge in [0.1, 0.15) is 0 Å². The lowest BCUT2D eigenvalue weighted by atomic mass is 10.2. The van der Waals surface area contributed by atoms with Crippen molar-refractivity contribution < 1.29 is 5.11 Å². The molecule has 0 spiro atoms. The Balaban J connectivity index is 1.99. The van der Waals surface area contributed by atoms with Gasteiger partial charge in [-0.1, -0.05) is 0 Å². The molecule has 0 aliphatic rings. The Morgan fingerprint density at radius 3 is 2.86 bits per heavy atom. The predicted octanol–water partition coefficient (Wildman–Crippen LogP) is -0.538. The van der Waals surface area contributed by atoms with Crippen LogP contribution < -0.4 is 5.32 Å². The maximum atomic E-state index is 8.55. The number of nitrogens with zero attached hydrogens (tertiary/aromatic N) is 4. The molecule has 1 aromatic rings. The minimum absolute atomic E-state index is 0.283. The molecule has 0 aromatic carbocycles. The summed E-state index contributed by atoms with van der Waals surface area (Å²) >= 11 is 0. The molecule has 14 heavy (non-hydrogen) atoms. The van der Waals surface area contributed by atoms with E-state index in [1.165, 1.54) is 4.80 Å². The molecule has 6 nitrogen and oxygen atoms in total. The zero-order valence-electron chi connectivity index (χ0n) is 8.48. The van der Waals surface area contributed by atoms with Gasteiger partial charge in [0.05, 0.1) is 13.6 Å². The van der Waals surface area contributed by atoms with Crippen molar-refractivity contribution in [2.24, 2.45) is 7.05 Å². The van der Waals surface area contributed by atoms with E-state index in [2.05, 4.69) is 20.7 Å². The van der Waals surface area contributed by atoms with Crippen molar-refractivity contribution in [2.75, 3.05) is 13.2 Å². The molecule has 1 heterocycles. The smallest absolute Gasteiger partial charge is 0.188 e. The number of aryl methyl sites for hydroxylation is 1. The molecule has 80 valence electrons. The summed E-state index contributed by atoms with van der Waals surface area (Å²) in [5.74, 6) is 0.717. The standard InChI is InChI=1S/C8H17N5O/c1-13-11-8(10-12-13)7-9-5-3-2-4-6-14/h9,14H,2-7H2,1H3. The van der Waals surface area contributed by atoms with Gasteiger partial charge in [0.2, 0.25) is 0 Å². The number of rotatable bonds is 7. The molecule has 0 saturated heterocycles. The van der Waals surface area contributed by atoms with E-state index in [0.717, 1.165) is 31.6 Å². The van der Waals surface area contributed by atoms with Gasteiger partial charge in [0.25, 0.3) is 0 Å². The van der Waals surface area contributed by atoms with Crippen molar-refractivity contribution in [3.05, 3.63) is 5.82 Å². The number of aliphatic hydroxyl groups is 1. The summed E-state index contributed by atoms with van der Waals surface area (Å²) in [7, 11) is 1.75. The van der Waals surface area contributed by atoms with E-state index in [-0.39, 0.29) is 6.61 Å². The lowest BCUT2D eigenvalue weighted by Crippen LogP contribution is -2.15. The lowest BCUT2D eigenvalue weighted by molar-refractivity contribution is 0.283. The number of aromatic nitrogens is 4. The quantitative estimate of drug-likeness (QED) is 0.577. The molecule has 0 aliphatic heterocycles. The van der Waals surface area contributed by atoms with Gasteiger partial charge in [-0.2, -0.15) is 4.80 Å². The fourth-order valence-corrected chi connectivity index (χ4v) is 1.13. The van der Waals surface area contributed by atoms with Crippen LogP contribution in [0.25, 0.3) is 0 Å². The summed E-state index contributed by atoms with van der Waals surface area (Å²) in [6, 6.07) is 0. The highest BCUT2D eigenvalue weighted by Gasteiger charge is 1.98. The summed E-state index contributed by atoms with van der Waals surface area (Å²) in [6.07, 6.45) is 3.00. The molecule has 6 heteroatoms.